The number of para-hydroxylation sites is 1. The van der Waals surface area contributed by atoms with Crippen molar-refractivity contribution in [3.8, 4) is 29.7 Å². The molecule has 0 amide bonds. The van der Waals surface area contributed by atoms with Crippen molar-refractivity contribution in [2.45, 2.75) is 25.8 Å². The van der Waals surface area contributed by atoms with Crippen LogP contribution in [-0.4, -0.2) is 38.3 Å². The van der Waals surface area contributed by atoms with Crippen molar-refractivity contribution in [2.24, 2.45) is 17.1 Å². The van der Waals surface area contributed by atoms with E-state index >= 15 is 0 Å². The number of nitrogens with zero attached hydrogens (tertiary/aromatic N) is 4. The van der Waals surface area contributed by atoms with Gasteiger partial charge < -0.3 is 15.2 Å². The predicted molar refractivity (Wildman–Crippen MR) is 111 cm³/mol. The number of hydrogen-bond acceptors (Lipinski definition) is 7. The first-order chi connectivity index (χ1) is 14.4. The van der Waals surface area contributed by atoms with Crippen molar-refractivity contribution in [2.75, 3.05) is 27.3 Å². The minimum atomic E-state index is -1.70. The summed E-state index contributed by atoms with van der Waals surface area (Å²) in [6.45, 7) is 5.47. The number of allylic oxidation sites excluding steroid dienone is 2. The number of rotatable bonds is 4. The molecule has 0 saturated heterocycles. The normalized spacial score (nSPS) is 22.9. The lowest BCUT2D eigenvalue weighted by atomic mass is 9.58. The largest absolute Gasteiger partial charge is 0.493 e. The van der Waals surface area contributed by atoms with E-state index in [1.54, 1.807) is 13.2 Å². The average molecular weight is 403 g/mol. The quantitative estimate of drug-likeness (QED) is 0.821. The van der Waals surface area contributed by atoms with E-state index in [0.29, 0.717) is 30.2 Å². The SMILES string of the molecule is COc1cccc([C@H]2[C@H]3CN(C(C)C)CC=C3C(C#N)=C(N)C2(C#N)C#N)c1OC. The second-order valence-corrected chi connectivity index (χ2v) is 7.81. The molecule has 7 nitrogen and oxygen atoms in total. The van der Waals surface area contributed by atoms with Gasteiger partial charge in [0.1, 0.15) is 6.07 Å². The van der Waals surface area contributed by atoms with Crippen LogP contribution in [0.2, 0.25) is 0 Å². The predicted octanol–water partition coefficient (Wildman–Crippen LogP) is 2.84. The Hall–Kier alpha value is -3.47. The molecular formula is C23H25N5O2. The van der Waals surface area contributed by atoms with Crippen LogP contribution in [0.25, 0.3) is 0 Å². The molecule has 3 rings (SSSR count). The van der Waals surface area contributed by atoms with Crippen molar-refractivity contribution >= 4 is 0 Å². The first-order valence-electron chi connectivity index (χ1n) is 9.78. The molecule has 1 heterocycles. The zero-order chi connectivity index (χ0) is 22.1. The fourth-order valence-electron chi connectivity index (χ4n) is 4.62. The smallest absolute Gasteiger partial charge is 0.191 e. The molecule has 0 unspecified atom stereocenters. The molecule has 2 N–H and O–H groups in total. The molecule has 1 aliphatic carbocycles. The van der Waals surface area contributed by atoms with E-state index in [9.17, 15) is 15.8 Å². The number of nitrogens with two attached hydrogens (primary N) is 1. The van der Waals surface area contributed by atoms with Gasteiger partial charge in [0.25, 0.3) is 0 Å². The summed E-state index contributed by atoms with van der Waals surface area (Å²) in [6, 6.07) is 12.2. The summed E-state index contributed by atoms with van der Waals surface area (Å²) < 4.78 is 11.1. The van der Waals surface area contributed by atoms with Crippen LogP contribution in [-0.2, 0) is 0 Å². The average Bonchev–Trinajstić information content (AvgIpc) is 2.77. The van der Waals surface area contributed by atoms with E-state index in [1.165, 1.54) is 7.11 Å². The fourth-order valence-corrected chi connectivity index (χ4v) is 4.62. The van der Waals surface area contributed by atoms with E-state index in [4.69, 9.17) is 15.2 Å². The van der Waals surface area contributed by atoms with Crippen LogP contribution in [0.15, 0.2) is 41.1 Å². The van der Waals surface area contributed by atoms with Crippen LogP contribution in [0.4, 0.5) is 0 Å². The molecule has 2 atom stereocenters. The minimum Gasteiger partial charge on any atom is -0.493 e. The van der Waals surface area contributed by atoms with Crippen LogP contribution in [0.3, 0.4) is 0 Å². The van der Waals surface area contributed by atoms with Crippen LogP contribution >= 0.6 is 0 Å². The zero-order valence-corrected chi connectivity index (χ0v) is 17.6. The van der Waals surface area contributed by atoms with Crippen LogP contribution < -0.4 is 15.2 Å². The van der Waals surface area contributed by atoms with Gasteiger partial charge in [0.15, 0.2) is 16.9 Å². The summed E-state index contributed by atoms with van der Waals surface area (Å²) in [5.41, 5.74) is 6.37. The van der Waals surface area contributed by atoms with Crippen molar-refractivity contribution in [3.05, 3.63) is 46.7 Å². The van der Waals surface area contributed by atoms with Gasteiger partial charge in [0, 0.05) is 36.5 Å². The number of methoxy groups -OCH3 is 2. The Balaban J connectivity index is 2.37. The van der Waals surface area contributed by atoms with Gasteiger partial charge in [-0.2, -0.15) is 15.8 Å². The first-order valence-corrected chi connectivity index (χ1v) is 9.78. The molecule has 7 heteroatoms. The monoisotopic (exact) mass is 403 g/mol. The third kappa shape index (κ3) is 2.98. The van der Waals surface area contributed by atoms with Gasteiger partial charge in [0.2, 0.25) is 0 Å². The zero-order valence-electron chi connectivity index (χ0n) is 17.6. The summed E-state index contributed by atoms with van der Waals surface area (Å²) in [4.78, 5) is 2.25. The minimum absolute atomic E-state index is 0.00497. The number of hydrogen-bond donors (Lipinski definition) is 1. The standard InChI is InChI=1S/C23H25N5O2/c1-14(2)28-9-8-15-17(10-24)22(27)23(12-25,13-26)20(18(15)11-28)16-6-5-7-19(29-3)21(16)30-4/h5-8,14,18,20H,9,11,27H2,1-4H3/t18-,20-/m0/s1. The highest BCUT2D eigenvalue weighted by Crippen LogP contribution is 2.56. The maximum atomic E-state index is 10.2. The Morgan fingerprint density at radius 1 is 1.17 bits per heavy atom. The van der Waals surface area contributed by atoms with E-state index in [2.05, 4.69) is 37.0 Å². The molecule has 0 radical (unpaired) electrons. The van der Waals surface area contributed by atoms with E-state index in [1.807, 2.05) is 18.2 Å². The Kier molecular flexibility index (Phi) is 5.74. The molecule has 0 spiro atoms. The van der Waals surface area contributed by atoms with E-state index in [0.717, 1.165) is 5.57 Å². The van der Waals surface area contributed by atoms with Gasteiger partial charge >= 0.3 is 0 Å². The topological polar surface area (TPSA) is 119 Å². The van der Waals surface area contributed by atoms with Gasteiger partial charge in [-0.1, -0.05) is 18.2 Å². The van der Waals surface area contributed by atoms with Gasteiger partial charge in [-0.05, 0) is 25.5 Å². The molecule has 0 fully saturated rings. The molecule has 0 saturated carbocycles. The summed E-state index contributed by atoms with van der Waals surface area (Å²) >= 11 is 0. The third-order valence-electron chi connectivity index (χ3n) is 6.19. The maximum absolute atomic E-state index is 10.2. The maximum Gasteiger partial charge on any atom is 0.191 e. The van der Waals surface area contributed by atoms with Crippen LogP contribution in [0.5, 0.6) is 11.5 Å². The van der Waals surface area contributed by atoms with Crippen LogP contribution in [0.1, 0.15) is 25.3 Å². The summed E-state index contributed by atoms with van der Waals surface area (Å²) in [5.74, 6) is 0.0791. The molecule has 1 aromatic rings. The first kappa shape index (κ1) is 21.2. The Bertz CT molecular complexity index is 1020. The summed E-state index contributed by atoms with van der Waals surface area (Å²) in [6.07, 6.45) is 2.00. The van der Waals surface area contributed by atoms with Crippen molar-refractivity contribution in [3.63, 3.8) is 0 Å². The molecule has 1 aromatic carbocycles. The lowest BCUT2D eigenvalue weighted by Crippen LogP contribution is -2.49. The molecule has 2 aliphatic rings. The third-order valence-corrected chi connectivity index (χ3v) is 6.19. The molecule has 0 aromatic heterocycles. The fraction of sp³-hybridized carbons (Fsp3) is 0.435. The van der Waals surface area contributed by atoms with Crippen molar-refractivity contribution < 1.29 is 9.47 Å². The van der Waals surface area contributed by atoms with Gasteiger partial charge in [-0.3, -0.25) is 4.90 Å². The lowest BCUT2D eigenvalue weighted by molar-refractivity contribution is 0.172. The van der Waals surface area contributed by atoms with Gasteiger partial charge in [-0.15, -0.1) is 0 Å². The highest BCUT2D eigenvalue weighted by atomic mass is 16.5. The Labute approximate surface area is 177 Å². The number of nitriles is 3. The van der Waals surface area contributed by atoms with Gasteiger partial charge in [0.05, 0.1) is 37.6 Å². The van der Waals surface area contributed by atoms with Gasteiger partial charge in [-0.25, -0.2) is 0 Å². The summed E-state index contributed by atoms with van der Waals surface area (Å²) in [5, 5.41) is 30.3. The molecule has 154 valence electrons. The second kappa shape index (κ2) is 8.11. The highest BCUT2D eigenvalue weighted by Gasteiger charge is 2.55. The van der Waals surface area contributed by atoms with Crippen LogP contribution in [0, 0.1) is 45.3 Å². The Morgan fingerprint density at radius 3 is 2.40 bits per heavy atom. The van der Waals surface area contributed by atoms with E-state index < -0.39 is 11.3 Å². The second-order valence-electron chi connectivity index (χ2n) is 7.81. The number of fused-ring (bicyclic) bond motifs is 1. The molecule has 1 aliphatic heterocycles. The summed E-state index contributed by atoms with van der Waals surface area (Å²) in [7, 11) is 3.07. The Morgan fingerprint density at radius 2 is 1.87 bits per heavy atom. The van der Waals surface area contributed by atoms with E-state index in [-0.39, 0.29) is 23.2 Å². The highest BCUT2D eigenvalue weighted by molar-refractivity contribution is 5.62. The molecular weight excluding hydrogens is 378 g/mol. The van der Waals surface area contributed by atoms with Crippen molar-refractivity contribution in [1.29, 1.82) is 15.8 Å². The number of ether oxygens (including phenoxy) is 2. The van der Waals surface area contributed by atoms with Crippen molar-refractivity contribution in [1.82, 2.24) is 4.90 Å². The molecule has 0 bridgehead atoms. The molecule has 30 heavy (non-hydrogen) atoms. The lowest BCUT2D eigenvalue weighted by Gasteiger charge is -2.46. The number of benzene rings is 1.